The fourth-order valence-electron chi connectivity index (χ4n) is 1.24. The van der Waals surface area contributed by atoms with Crippen LogP contribution in [0.2, 0.25) is 0 Å². The van der Waals surface area contributed by atoms with Crippen LogP contribution in [0.5, 0.6) is 0 Å². The zero-order valence-corrected chi connectivity index (χ0v) is 7.82. The topological polar surface area (TPSA) is 43.4 Å². The first kappa shape index (κ1) is 8.81. The van der Waals surface area contributed by atoms with Crippen molar-refractivity contribution in [3.63, 3.8) is 0 Å². The molecule has 3 nitrogen and oxygen atoms in total. The molecule has 0 unspecified atom stereocenters. The largest absolute Gasteiger partial charge is 0.469 e. The maximum absolute atomic E-state index is 11.6. The van der Waals surface area contributed by atoms with E-state index in [1.807, 2.05) is 6.92 Å². The molecule has 0 spiro atoms. The first-order valence-electron chi connectivity index (χ1n) is 4.38. The van der Waals surface area contributed by atoms with Crippen LogP contribution in [-0.4, -0.2) is 5.78 Å². The van der Waals surface area contributed by atoms with Crippen molar-refractivity contribution in [1.29, 1.82) is 0 Å². The van der Waals surface area contributed by atoms with Crippen molar-refractivity contribution >= 4 is 5.78 Å². The van der Waals surface area contributed by atoms with Gasteiger partial charge < -0.3 is 8.83 Å². The molecule has 0 aliphatic rings. The minimum Gasteiger partial charge on any atom is -0.469 e. The van der Waals surface area contributed by atoms with Gasteiger partial charge in [-0.15, -0.1) is 0 Å². The maximum Gasteiger partial charge on any atom is 0.205 e. The van der Waals surface area contributed by atoms with Crippen molar-refractivity contribution in [1.82, 2.24) is 0 Å². The molecule has 2 rings (SSSR count). The summed E-state index contributed by atoms with van der Waals surface area (Å²) in [5, 5.41) is 0. The Bertz CT molecular complexity index is 423. The third-order valence-corrected chi connectivity index (χ3v) is 1.93. The lowest BCUT2D eigenvalue weighted by molar-refractivity contribution is 0.0959. The fraction of sp³-hybridized carbons (Fsp3) is 0.182. The second kappa shape index (κ2) is 3.54. The highest BCUT2D eigenvalue weighted by Crippen LogP contribution is 2.11. The van der Waals surface area contributed by atoms with Gasteiger partial charge in [-0.25, -0.2) is 0 Å². The Morgan fingerprint density at radius 2 is 2.21 bits per heavy atom. The van der Waals surface area contributed by atoms with Crippen LogP contribution in [0.1, 0.15) is 22.1 Å². The molecule has 0 N–H and O–H groups in total. The molecular formula is C11H10O3. The zero-order chi connectivity index (χ0) is 9.97. The van der Waals surface area contributed by atoms with Gasteiger partial charge in [-0.3, -0.25) is 4.79 Å². The van der Waals surface area contributed by atoms with E-state index in [2.05, 4.69) is 0 Å². The smallest absolute Gasteiger partial charge is 0.205 e. The molecule has 0 fully saturated rings. The molecule has 0 aliphatic heterocycles. The van der Waals surface area contributed by atoms with E-state index in [1.54, 1.807) is 30.5 Å². The van der Waals surface area contributed by atoms with Gasteiger partial charge >= 0.3 is 0 Å². The summed E-state index contributed by atoms with van der Waals surface area (Å²) in [4.78, 5) is 11.6. The Labute approximate surface area is 81.3 Å². The summed E-state index contributed by atoms with van der Waals surface area (Å²) in [6, 6.07) is 6.99. The predicted octanol–water partition coefficient (Wildman–Crippen LogP) is 2.61. The number of aryl methyl sites for hydroxylation is 1. The number of hydrogen-bond donors (Lipinski definition) is 0. The molecule has 72 valence electrons. The lowest BCUT2D eigenvalue weighted by Gasteiger charge is -1.93. The van der Waals surface area contributed by atoms with Crippen molar-refractivity contribution in [3.05, 3.63) is 47.8 Å². The van der Waals surface area contributed by atoms with Crippen LogP contribution in [0.4, 0.5) is 0 Å². The monoisotopic (exact) mass is 190 g/mol. The van der Waals surface area contributed by atoms with Crippen molar-refractivity contribution in [3.8, 4) is 0 Å². The zero-order valence-electron chi connectivity index (χ0n) is 7.82. The highest BCUT2D eigenvalue weighted by atomic mass is 16.3. The number of ketones is 1. The fourth-order valence-corrected chi connectivity index (χ4v) is 1.24. The van der Waals surface area contributed by atoms with Gasteiger partial charge in [0.15, 0.2) is 5.76 Å². The number of hydrogen-bond acceptors (Lipinski definition) is 3. The number of carbonyl (C=O) groups is 1. The third-order valence-electron chi connectivity index (χ3n) is 1.93. The number of furan rings is 2. The summed E-state index contributed by atoms with van der Waals surface area (Å²) >= 11 is 0. The first-order valence-corrected chi connectivity index (χ1v) is 4.38. The number of rotatable bonds is 3. The quantitative estimate of drug-likeness (QED) is 0.698. The molecule has 3 heteroatoms. The van der Waals surface area contributed by atoms with E-state index in [1.165, 1.54) is 0 Å². The highest BCUT2D eigenvalue weighted by molar-refractivity contribution is 5.94. The predicted molar refractivity (Wildman–Crippen MR) is 50.2 cm³/mol. The molecule has 0 bridgehead atoms. The molecule has 0 atom stereocenters. The Morgan fingerprint density at radius 3 is 2.79 bits per heavy atom. The summed E-state index contributed by atoms with van der Waals surface area (Å²) in [6.45, 7) is 1.81. The third kappa shape index (κ3) is 1.76. The maximum atomic E-state index is 11.6. The summed E-state index contributed by atoms with van der Waals surface area (Å²) in [6.07, 6.45) is 1.80. The summed E-state index contributed by atoms with van der Waals surface area (Å²) < 4.78 is 10.3. The summed E-state index contributed by atoms with van der Waals surface area (Å²) in [5.74, 6) is 1.73. The van der Waals surface area contributed by atoms with Gasteiger partial charge in [-0.2, -0.15) is 0 Å². The van der Waals surface area contributed by atoms with E-state index < -0.39 is 0 Å². The van der Waals surface area contributed by atoms with Gasteiger partial charge in [-0.05, 0) is 31.2 Å². The Kier molecular flexibility index (Phi) is 2.23. The van der Waals surface area contributed by atoms with E-state index in [0.29, 0.717) is 11.5 Å². The van der Waals surface area contributed by atoms with Gasteiger partial charge in [0, 0.05) is 0 Å². The molecule has 14 heavy (non-hydrogen) atoms. The van der Waals surface area contributed by atoms with Crippen LogP contribution in [0.25, 0.3) is 0 Å². The van der Waals surface area contributed by atoms with Crippen LogP contribution in [-0.2, 0) is 6.42 Å². The van der Waals surface area contributed by atoms with Crippen molar-refractivity contribution < 1.29 is 13.6 Å². The normalized spacial score (nSPS) is 10.4. The molecule has 2 aromatic heterocycles. The van der Waals surface area contributed by atoms with E-state index in [-0.39, 0.29) is 12.2 Å². The van der Waals surface area contributed by atoms with Crippen molar-refractivity contribution in [2.45, 2.75) is 13.3 Å². The molecule has 0 amide bonds. The SMILES string of the molecule is Cc1ccc(C(=O)Cc2ccco2)o1. The lowest BCUT2D eigenvalue weighted by Crippen LogP contribution is -2.00. The minimum absolute atomic E-state index is 0.0620. The van der Waals surface area contributed by atoms with E-state index in [0.717, 1.165) is 5.76 Å². The standard InChI is InChI=1S/C11H10O3/c1-8-4-5-11(14-8)10(12)7-9-3-2-6-13-9/h2-6H,7H2,1H3. The van der Waals surface area contributed by atoms with Crippen LogP contribution in [0.15, 0.2) is 39.4 Å². The summed E-state index contributed by atoms with van der Waals surface area (Å²) in [7, 11) is 0. The highest BCUT2D eigenvalue weighted by Gasteiger charge is 2.11. The molecule has 0 saturated carbocycles. The lowest BCUT2D eigenvalue weighted by atomic mass is 10.2. The Morgan fingerprint density at radius 1 is 1.36 bits per heavy atom. The van der Waals surface area contributed by atoms with Gasteiger partial charge in [-0.1, -0.05) is 0 Å². The molecule has 2 aromatic rings. The van der Waals surface area contributed by atoms with Crippen molar-refractivity contribution in [2.24, 2.45) is 0 Å². The van der Waals surface area contributed by atoms with E-state index in [4.69, 9.17) is 8.83 Å². The second-order valence-corrected chi connectivity index (χ2v) is 3.09. The Hall–Kier alpha value is -1.77. The second-order valence-electron chi connectivity index (χ2n) is 3.09. The average Bonchev–Trinajstić information content (AvgIpc) is 2.75. The number of carbonyl (C=O) groups excluding carboxylic acids is 1. The number of Topliss-reactive ketones (excluding diaryl/α,β-unsaturated/α-hetero) is 1. The molecular weight excluding hydrogens is 180 g/mol. The Balaban J connectivity index is 2.10. The van der Waals surface area contributed by atoms with E-state index >= 15 is 0 Å². The first-order chi connectivity index (χ1) is 6.75. The van der Waals surface area contributed by atoms with Crippen LogP contribution in [0, 0.1) is 6.92 Å². The van der Waals surface area contributed by atoms with Gasteiger partial charge in [0.2, 0.25) is 5.78 Å². The summed E-state index contributed by atoms with van der Waals surface area (Å²) in [5.41, 5.74) is 0. The molecule has 0 aromatic carbocycles. The van der Waals surface area contributed by atoms with Crippen molar-refractivity contribution in [2.75, 3.05) is 0 Å². The molecule has 0 saturated heterocycles. The van der Waals surface area contributed by atoms with E-state index in [9.17, 15) is 4.79 Å². The van der Waals surface area contributed by atoms with Gasteiger partial charge in [0.1, 0.15) is 11.5 Å². The van der Waals surface area contributed by atoms with Gasteiger partial charge in [0.25, 0.3) is 0 Å². The van der Waals surface area contributed by atoms with Crippen LogP contribution >= 0.6 is 0 Å². The average molecular weight is 190 g/mol. The van der Waals surface area contributed by atoms with Crippen LogP contribution in [0.3, 0.4) is 0 Å². The van der Waals surface area contributed by atoms with Gasteiger partial charge in [0.05, 0.1) is 12.7 Å². The molecule has 0 radical (unpaired) electrons. The van der Waals surface area contributed by atoms with Crippen LogP contribution < -0.4 is 0 Å². The minimum atomic E-state index is -0.0620. The molecule has 0 aliphatic carbocycles. The molecule has 2 heterocycles.